The number of nitrogens with one attached hydrogen (secondary N) is 1. The van der Waals surface area contributed by atoms with Gasteiger partial charge in [0.05, 0.1) is 6.10 Å². The maximum absolute atomic E-state index is 9.41. The Kier molecular flexibility index (Phi) is 4.30. The molecule has 2 heteroatoms. The molecule has 0 aromatic heterocycles. The molecule has 0 aliphatic heterocycles. The molecule has 0 spiro atoms. The minimum atomic E-state index is -0.322. The third-order valence-electron chi connectivity index (χ3n) is 2.78. The smallest absolute Gasteiger partial charge is 0.0662 e. The fourth-order valence-electron chi connectivity index (χ4n) is 1.57. The van der Waals surface area contributed by atoms with E-state index in [1.807, 2.05) is 6.92 Å². The average molecular weight is 207 g/mol. The lowest BCUT2D eigenvalue weighted by molar-refractivity contribution is 0.147. The summed E-state index contributed by atoms with van der Waals surface area (Å²) in [6.45, 7) is 8.01. The molecule has 1 aromatic carbocycles. The molecule has 1 rings (SSSR count). The van der Waals surface area contributed by atoms with E-state index in [1.54, 1.807) is 6.92 Å². The van der Waals surface area contributed by atoms with Gasteiger partial charge in [-0.25, -0.2) is 0 Å². The van der Waals surface area contributed by atoms with Gasteiger partial charge < -0.3 is 10.4 Å². The van der Waals surface area contributed by atoms with E-state index in [4.69, 9.17) is 0 Å². The number of benzene rings is 1. The Hall–Kier alpha value is -0.860. The topological polar surface area (TPSA) is 32.3 Å². The SMILES string of the molecule is Cc1cccc([C@@H](C)NC(C)C(C)O)c1. The highest BCUT2D eigenvalue weighted by Gasteiger charge is 2.12. The molecule has 84 valence electrons. The molecule has 0 bridgehead atoms. The minimum Gasteiger partial charge on any atom is -0.392 e. The number of hydrogen-bond acceptors (Lipinski definition) is 2. The Morgan fingerprint density at radius 3 is 2.40 bits per heavy atom. The monoisotopic (exact) mass is 207 g/mol. The molecule has 3 atom stereocenters. The van der Waals surface area contributed by atoms with Gasteiger partial charge in [0.2, 0.25) is 0 Å². The molecular formula is C13H21NO. The second kappa shape index (κ2) is 5.29. The van der Waals surface area contributed by atoms with E-state index >= 15 is 0 Å². The zero-order chi connectivity index (χ0) is 11.4. The molecule has 0 saturated heterocycles. The van der Waals surface area contributed by atoms with Crippen molar-refractivity contribution >= 4 is 0 Å². The first-order chi connectivity index (χ1) is 7.00. The molecule has 0 fully saturated rings. The van der Waals surface area contributed by atoms with E-state index in [0.29, 0.717) is 0 Å². The second-order valence-corrected chi connectivity index (χ2v) is 4.33. The summed E-state index contributed by atoms with van der Waals surface area (Å²) in [6.07, 6.45) is -0.322. The van der Waals surface area contributed by atoms with Gasteiger partial charge in [-0.3, -0.25) is 0 Å². The van der Waals surface area contributed by atoms with Crippen LogP contribution in [0.4, 0.5) is 0 Å². The lowest BCUT2D eigenvalue weighted by Gasteiger charge is -2.22. The Balaban J connectivity index is 2.64. The lowest BCUT2D eigenvalue weighted by Crippen LogP contribution is -2.37. The van der Waals surface area contributed by atoms with Crippen molar-refractivity contribution in [3.8, 4) is 0 Å². The van der Waals surface area contributed by atoms with Gasteiger partial charge in [0.1, 0.15) is 0 Å². The van der Waals surface area contributed by atoms with E-state index in [-0.39, 0.29) is 18.2 Å². The Morgan fingerprint density at radius 2 is 1.87 bits per heavy atom. The zero-order valence-corrected chi connectivity index (χ0v) is 9.99. The Labute approximate surface area is 92.3 Å². The van der Waals surface area contributed by atoms with Crippen molar-refractivity contribution in [1.82, 2.24) is 5.32 Å². The average Bonchev–Trinajstić information content (AvgIpc) is 2.17. The van der Waals surface area contributed by atoms with Gasteiger partial charge in [-0.15, -0.1) is 0 Å². The van der Waals surface area contributed by atoms with Crippen molar-refractivity contribution in [3.05, 3.63) is 35.4 Å². The number of aliphatic hydroxyl groups excluding tert-OH is 1. The summed E-state index contributed by atoms with van der Waals surface area (Å²) >= 11 is 0. The molecule has 0 radical (unpaired) electrons. The fourth-order valence-corrected chi connectivity index (χ4v) is 1.57. The van der Waals surface area contributed by atoms with Crippen molar-refractivity contribution in [2.45, 2.75) is 45.9 Å². The third kappa shape index (κ3) is 3.65. The molecule has 2 N–H and O–H groups in total. The predicted octanol–water partition coefficient (Wildman–Crippen LogP) is 2.41. The number of hydrogen-bond donors (Lipinski definition) is 2. The molecule has 0 amide bonds. The van der Waals surface area contributed by atoms with Crippen LogP contribution in [-0.4, -0.2) is 17.3 Å². The van der Waals surface area contributed by atoms with E-state index in [1.165, 1.54) is 11.1 Å². The maximum Gasteiger partial charge on any atom is 0.0662 e. The molecule has 2 unspecified atom stereocenters. The van der Waals surface area contributed by atoms with E-state index in [9.17, 15) is 5.11 Å². The summed E-state index contributed by atoms with van der Waals surface area (Å²) in [5.41, 5.74) is 2.54. The predicted molar refractivity (Wildman–Crippen MR) is 63.9 cm³/mol. The second-order valence-electron chi connectivity index (χ2n) is 4.33. The van der Waals surface area contributed by atoms with Crippen molar-refractivity contribution in [2.24, 2.45) is 0 Å². The van der Waals surface area contributed by atoms with Crippen LogP contribution in [-0.2, 0) is 0 Å². The van der Waals surface area contributed by atoms with Crippen LogP contribution in [0.15, 0.2) is 24.3 Å². The zero-order valence-electron chi connectivity index (χ0n) is 9.99. The third-order valence-corrected chi connectivity index (χ3v) is 2.78. The maximum atomic E-state index is 9.41. The van der Waals surface area contributed by atoms with Crippen LogP contribution in [0.3, 0.4) is 0 Å². The summed E-state index contributed by atoms with van der Waals surface area (Å²) in [5.74, 6) is 0. The number of rotatable bonds is 4. The van der Waals surface area contributed by atoms with Crippen LogP contribution in [0.5, 0.6) is 0 Å². The van der Waals surface area contributed by atoms with Gasteiger partial charge in [-0.2, -0.15) is 0 Å². The first-order valence-electron chi connectivity index (χ1n) is 5.51. The highest BCUT2D eigenvalue weighted by atomic mass is 16.3. The normalized spacial score (nSPS) is 17.1. The Bertz CT molecular complexity index is 309. The molecule has 0 heterocycles. The lowest BCUT2D eigenvalue weighted by atomic mass is 10.0. The number of aryl methyl sites for hydroxylation is 1. The Morgan fingerprint density at radius 1 is 1.20 bits per heavy atom. The highest BCUT2D eigenvalue weighted by molar-refractivity contribution is 5.24. The van der Waals surface area contributed by atoms with Crippen LogP contribution < -0.4 is 5.32 Å². The molecule has 0 aliphatic carbocycles. The number of aliphatic hydroxyl groups is 1. The van der Waals surface area contributed by atoms with Gasteiger partial charge in [0.25, 0.3) is 0 Å². The molecule has 15 heavy (non-hydrogen) atoms. The molecule has 1 aromatic rings. The van der Waals surface area contributed by atoms with E-state index in [2.05, 4.69) is 43.4 Å². The molecule has 0 saturated carbocycles. The van der Waals surface area contributed by atoms with Crippen molar-refractivity contribution in [1.29, 1.82) is 0 Å². The van der Waals surface area contributed by atoms with Crippen LogP contribution in [0.1, 0.15) is 37.9 Å². The minimum absolute atomic E-state index is 0.112. The summed E-state index contributed by atoms with van der Waals surface area (Å²) < 4.78 is 0. The van der Waals surface area contributed by atoms with Gasteiger partial charge in [-0.1, -0.05) is 29.8 Å². The first-order valence-corrected chi connectivity index (χ1v) is 5.51. The largest absolute Gasteiger partial charge is 0.392 e. The van der Waals surface area contributed by atoms with Crippen LogP contribution in [0.25, 0.3) is 0 Å². The summed E-state index contributed by atoms with van der Waals surface area (Å²) in [5, 5.41) is 12.8. The van der Waals surface area contributed by atoms with Gasteiger partial charge in [0.15, 0.2) is 0 Å². The standard InChI is InChI=1S/C13H21NO/c1-9-6-5-7-13(8-9)11(3)14-10(2)12(4)15/h5-8,10-12,14-15H,1-4H3/t10?,11-,12?/m1/s1. The summed E-state index contributed by atoms with van der Waals surface area (Å²) in [6, 6.07) is 8.82. The quantitative estimate of drug-likeness (QED) is 0.794. The molecule has 2 nitrogen and oxygen atoms in total. The van der Waals surface area contributed by atoms with Crippen LogP contribution in [0.2, 0.25) is 0 Å². The highest BCUT2D eigenvalue weighted by Crippen LogP contribution is 2.14. The van der Waals surface area contributed by atoms with E-state index < -0.39 is 0 Å². The van der Waals surface area contributed by atoms with Gasteiger partial charge >= 0.3 is 0 Å². The summed E-state index contributed by atoms with van der Waals surface area (Å²) in [7, 11) is 0. The van der Waals surface area contributed by atoms with Crippen LogP contribution in [0, 0.1) is 6.92 Å². The van der Waals surface area contributed by atoms with Crippen molar-refractivity contribution < 1.29 is 5.11 Å². The van der Waals surface area contributed by atoms with Crippen molar-refractivity contribution in [2.75, 3.05) is 0 Å². The van der Waals surface area contributed by atoms with Crippen molar-refractivity contribution in [3.63, 3.8) is 0 Å². The van der Waals surface area contributed by atoms with Crippen LogP contribution >= 0.6 is 0 Å². The molecular weight excluding hydrogens is 186 g/mol. The molecule has 0 aliphatic rings. The summed E-state index contributed by atoms with van der Waals surface area (Å²) in [4.78, 5) is 0. The van der Waals surface area contributed by atoms with Gasteiger partial charge in [0, 0.05) is 12.1 Å². The van der Waals surface area contributed by atoms with E-state index in [0.717, 1.165) is 0 Å². The fraction of sp³-hybridized carbons (Fsp3) is 0.538. The first kappa shape index (κ1) is 12.2. The van der Waals surface area contributed by atoms with Gasteiger partial charge in [-0.05, 0) is 33.3 Å².